The molecule has 2 saturated heterocycles. The molecule has 0 spiro atoms. The predicted molar refractivity (Wildman–Crippen MR) is 118 cm³/mol. The summed E-state index contributed by atoms with van der Waals surface area (Å²) in [6, 6.07) is 10.5. The van der Waals surface area contributed by atoms with Gasteiger partial charge in [0.05, 0.1) is 29.8 Å². The summed E-state index contributed by atoms with van der Waals surface area (Å²) in [5, 5.41) is 3.34. The summed E-state index contributed by atoms with van der Waals surface area (Å²) in [4.78, 5) is 32.0. The molecule has 2 aliphatic rings. The van der Waals surface area contributed by atoms with Gasteiger partial charge in [0, 0.05) is 25.0 Å². The average molecular weight is 444 g/mol. The number of carbonyl (C=O) groups excluding carboxylic acids is 2. The van der Waals surface area contributed by atoms with Crippen LogP contribution in [0.3, 0.4) is 0 Å². The van der Waals surface area contributed by atoms with Crippen molar-refractivity contribution >= 4 is 29.1 Å². The minimum absolute atomic E-state index is 0.0101. The van der Waals surface area contributed by atoms with E-state index in [-0.39, 0.29) is 29.8 Å². The SMILES string of the molecule is COc1ccc(NC(=O)C2CCCN(C(=O)C3CC(c4ccccn4)NN3)C2)cc1Cl. The second kappa shape index (κ2) is 9.64. The Labute approximate surface area is 186 Å². The smallest absolute Gasteiger partial charge is 0.241 e. The van der Waals surface area contributed by atoms with Crippen LogP contribution in [-0.2, 0) is 9.59 Å². The number of benzene rings is 1. The number of likely N-dealkylation sites (tertiary alicyclic amines) is 1. The van der Waals surface area contributed by atoms with Gasteiger partial charge in [-0.1, -0.05) is 17.7 Å². The van der Waals surface area contributed by atoms with E-state index < -0.39 is 0 Å². The number of nitrogens with zero attached hydrogens (tertiary/aromatic N) is 2. The Kier molecular flexibility index (Phi) is 6.70. The normalized spacial score (nSPS) is 23.4. The van der Waals surface area contributed by atoms with Gasteiger partial charge in [-0.2, -0.15) is 0 Å². The van der Waals surface area contributed by atoms with Gasteiger partial charge in [-0.25, -0.2) is 10.9 Å². The van der Waals surface area contributed by atoms with Gasteiger partial charge in [-0.3, -0.25) is 14.6 Å². The van der Waals surface area contributed by atoms with E-state index in [9.17, 15) is 9.59 Å². The van der Waals surface area contributed by atoms with Gasteiger partial charge in [-0.05, 0) is 49.6 Å². The van der Waals surface area contributed by atoms with Crippen LogP contribution in [-0.4, -0.2) is 47.9 Å². The molecule has 1 aromatic heterocycles. The Bertz CT molecular complexity index is 942. The first-order chi connectivity index (χ1) is 15.0. The van der Waals surface area contributed by atoms with Gasteiger partial charge < -0.3 is 15.0 Å². The van der Waals surface area contributed by atoms with Crippen molar-refractivity contribution in [1.29, 1.82) is 0 Å². The van der Waals surface area contributed by atoms with Crippen molar-refractivity contribution in [1.82, 2.24) is 20.7 Å². The predicted octanol–water partition coefficient (Wildman–Crippen LogP) is 2.53. The Hall–Kier alpha value is -2.68. The fourth-order valence-corrected chi connectivity index (χ4v) is 4.35. The number of methoxy groups -OCH3 is 1. The molecule has 3 atom stereocenters. The van der Waals surface area contributed by atoms with Crippen LogP contribution >= 0.6 is 11.6 Å². The van der Waals surface area contributed by atoms with Crippen molar-refractivity contribution in [3.8, 4) is 5.75 Å². The molecular weight excluding hydrogens is 418 g/mol. The van der Waals surface area contributed by atoms with Crippen molar-refractivity contribution in [2.45, 2.75) is 31.3 Å². The zero-order valence-electron chi connectivity index (χ0n) is 17.3. The van der Waals surface area contributed by atoms with E-state index in [4.69, 9.17) is 16.3 Å². The average Bonchev–Trinajstić information content (AvgIpc) is 3.30. The number of ether oxygens (including phenoxy) is 1. The third kappa shape index (κ3) is 4.98. The van der Waals surface area contributed by atoms with E-state index >= 15 is 0 Å². The molecule has 8 nitrogen and oxygen atoms in total. The number of amides is 2. The molecule has 3 unspecified atom stereocenters. The lowest BCUT2D eigenvalue weighted by atomic mass is 9.96. The fraction of sp³-hybridized carbons (Fsp3) is 0.409. The van der Waals surface area contributed by atoms with E-state index in [0.717, 1.165) is 18.5 Å². The summed E-state index contributed by atoms with van der Waals surface area (Å²) in [6.45, 7) is 1.06. The maximum absolute atomic E-state index is 13.1. The largest absolute Gasteiger partial charge is 0.495 e. The fourth-order valence-electron chi connectivity index (χ4n) is 4.09. The number of anilines is 1. The summed E-state index contributed by atoms with van der Waals surface area (Å²) in [7, 11) is 1.54. The highest BCUT2D eigenvalue weighted by molar-refractivity contribution is 6.32. The molecule has 1 aromatic carbocycles. The number of pyridine rings is 1. The molecule has 9 heteroatoms. The lowest BCUT2D eigenvalue weighted by molar-refractivity contribution is -0.136. The van der Waals surface area contributed by atoms with Crippen LogP contribution in [0.25, 0.3) is 0 Å². The van der Waals surface area contributed by atoms with Crippen LogP contribution in [0.15, 0.2) is 42.6 Å². The molecule has 0 radical (unpaired) electrons. The van der Waals surface area contributed by atoms with Crippen LogP contribution in [0.4, 0.5) is 5.69 Å². The summed E-state index contributed by atoms with van der Waals surface area (Å²) in [5.74, 6) is 0.189. The molecule has 3 heterocycles. The van der Waals surface area contributed by atoms with Crippen LogP contribution in [0, 0.1) is 5.92 Å². The van der Waals surface area contributed by atoms with Crippen LogP contribution in [0.5, 0.6) is 5.75 Å². The minimum Gasteiger partial charge on any atom is -0.495 e. The number of aromatic nitrogens is 1. The number of piperidine rings is 1. The summed E-state index contributed by atoms with van der Waals surface area (Å²) in [6.07, 6.45) is 3.90. The highest BCUT2D eigenvalue weighted by Gasteiger charge is 2.36. The number of hydrogen-bond donors (Lipinski definition) is 3. The van der Waals surface area contributed by atoms with E-state index in [1.54, 1.807) is 36.4 Å². The van der Waals surface area contributed by atoms with E-state index in [1.807, 2.05) is 18.2 Å². The van der Waals surface area contributed by atoms with E-state index in [0.29, 0.717) is 36.0 Å². The molecule has 31 heavy (non-hydrogen) atoms. The van der Waals surface area contributed by atoms with Gasteiger partial charge in [0.15, 0.2) is 0 Å². The van der Waals surface area contributed by atoms with Crippen molar-refractivity contribution in [2.24, 2.45) is 5.92 Å². The summed E-state index contributed by atoms with van der Waals surface area (Å²) >= 11 is 6.15. The number of hydrogen-bond acceptors (Lipinski definition) is 6. The molecule has 0 bridgehead atoms. The third-order valence-electron chi connectivity index (χ3n) is 5.77. The molecular formula is C22H26ClN5O3. The molecule has 164 valence electrons. The topological polar surface area (TPSA) is 95.6 Å². The van der Waals surface area contributed by atoms with Gasteiger partial charge in [-0.15, -0.1) is 0 Å². The monoisotopic (exact) mass is 443 g/mol. The number of halogens is 1. The highest BCUT2D eigenvalue weighted by Crippen LogP contribution is 2.28. The van der Waals surface area contributed by atoms with Crippen molar-refractivity contribution in [3.63, 3.8) is 0 Å². The minimum atomic E-state index is -0.339. The second-order valence-electron chi connectivity index (χ2n) is 7.85. The van der Waals surface area contributed by atoms with Crippen molar-refractivity contribution in [2.75, 3.05) is 25.5 Å². The number of hydrazine groups is 1. The molecule has 2 aromatic rings. The lowest BCUT2D eigenvalue weighted by Crippen LogP contribution is -2.50. The molecule has 0 aliphatic carbocycles. The van der Waals surface area contributed by atoms with Gasteiger partial charge in [0.2, 0.25) is 11.8 Å². The van der Waals surface area contributed by atoms with Crippen molar-refractivity contribution < 1.29 is 14.3 Å². The Morgan fingerprint density at radius 1 is 1.26 bits per heavy atom. The number of nitrogens with one attached hydrogen (secondary N) is 3. The van der Waals surface area contributed by atoms with E-state index in [1.165, 1.54) is 0 Å². The summed E-state index contributed by atoms with van der Waals surface area (Å²) < 4.78 is 5.14. The lowest BCUT2D eigenvalue weighted by Gasteiger charge is -2.33. The third-order valence-corrected chi connectivity index (χ3v) is 6.06. The molecule has 2 amide bonds. The Balaban J connectivity index is 1.34. The zero-order valence-corrected chi connectivity index (χ0v) is 18.1. The molecule has 2 aliphatic heterocycles. The molecule has 2 fully saturated rings. The quantitative estimate of drug-likeness (QED) is 0.657. The Morgan fingerprint density at radius 2 is 2.13 bits per heavy atom. The first-order valence-corrected chi connectivity index (χ1v) is 10.8. The molecule has 0 saturated carbocycles. The molecule has 3 N–H and O–H groups in total. The van der Waals surface area contributed by atoms with Gasteiger partial charge in [0.1, 0.15) is 11.8 Å². The van der Waals surface area contributed by atoms with Crippen LogP contribution in [0.1, 0.15) is 31.0 Å². The maximum Gasteiger partial charge on any atom is 0.241 e. The maximum atomic E-state index is 13.1. The summed E-state index contributed by atoms with van der Waals surface area (Å²) in [5.41, 5.74) is 7.77. The Morgan fingerprint density at radius 3 is 2.87 bits per heavy atom. The second-order valence-corrected chi connectivity index (χ2v) is 8.25. The first-order valence-electron chi connectivity index (χ1n) is 10.4. The van der Waals surface area contributed by atoms with Gasteiger partial charge >= 0.3 is 0 Å². The van der Waals surface area contributed by atoms with Crippen LogP contribution < -0.4 is 20.9 Å². The number of carbonyl (C=O) groups is 2. The highest BCUT2D eigenvalue weighted by atomic mass is 35.5. The van der Waals surface area contributed by atoms with Gasteiger partial charge in [0.25, 0.3) is 0 Å². The number of rotatable bonds is 5. The van der Waals surface area contributed by atoms with Crippen LogP contribution in [0.2, 0.25) is 5.02 Å². The standard InChI is InChI=1S/C22H26ClN5O3/c1-31-20-8-7-15(11-16(20)23)25-21(29)14-5-4-10-28(13-14)22(30)19-12-18(26-27-19)17-6-2-3-9-24-17/h2-3,6-9,11,14,18-19,26-27H,4-5,10,12-13H2,1H3,(H,25,29). The zero-order chi connectivity index (χ0) is 21.8. The van der Waals surface area contributed by atoms with E-state index in [2.05, 4.69) is 21.2 Å². The first kappa shape index (κ1) is 21.5. The van der Waals surface area contributed by atoms with Crippen molar-refractivity contribution in [3.05, 3.63) is 53.3 Å². The molecule has 4 rings (SSSR count).